The third-order valence-electron chi connectivity index (χ3n) is 2.96. The number of amides is 1. The highest BCUT2D eigenvalue weighted by Crippen LogP contribution is 2.35. The summed E-state index contributed by atoms with van der Waals surface area (Å²) in [6, 6.07) is 6.03. The third-order valence-corrected chi connectivity index (χ3v) is 4.85. The van der Waals surface area contributed by atoms with Gasteiger partial charge in [-0.2, -0.15) is 0 Å². The van der Waals surface area contributed by atoms with Crippen LogP contribution >= 0.6 is 38.9 Å². The largest absolute Gasteiger partial charge is 0.299 e. The second-order valence-electron chi connectivity index (χ2n) is 4.21. The van der Waals surface area contributed by atoms with E-state index < -0.39 is 17.5 Å². The number of nitrogens with zero attached hydrogens (tertiary/aromatic N) is 1. The number of halogens is 3. The van der Waals surface area contributed by atoms with E-state index in [0.717, 1.165) is 14.7 Å². The van der Waals surface area contributed by atoms with Crippen molar-refractivity contribution in [1.82, 2.24) is 0 Å². The SMILES string of the molecule is O=C1C(=O)N(Cc2ccc(Br)s2)c2cc(F)c(Cl)cc21. The zero-order valence-corrected chi connectivity index (χ0v) is 13.0. The van der Waals surface area contributed by atoms with Gasteiger partial charge in [0.25, 0.3) is 11.7 Å². The van der Waals surface area contributed by atoms with Gasteiger partial charge >= 0.3 is 0 Å². The van der Waals surface area contributed by atoms with Crippen molar-refractivity contribution in [2.24, 2.45) is 0 Å². The average Bonchev–Trinajstić information content (AvgIpc) is 2.90. The van der Waals surface area contributed by atoms with E-state index >= 15 is 0 Å². The number of benzene rings is 1. The van der Waals surface area contributed by atoms with Crippen LogP contribution in [0.25, 0.3) is 0 Å². The molecule has 0 aliphatic carbocycles. The topological polar surface area (TPSA) is 37.4 Å². The minimum Gasteiger partial charge on any atom is -0.299 e. The van der Waals surface area contributed by atoms with Gasteiger partial charge in [-0.05, 0) is 40.2 Å². The first-order valence-corrected chi connectivity index (χ1v) is 7.55. The summed E-state index contributed by atoms with van der Waals surface area (Å²) in [7, 11) is 0. The van der Waals surface area contributed by atoms with Gasteiger partial charge in [-0.15, -0.1) is 11.3 Å². The van der Waals surface area contributed by atoms with E-state index in [2.05, 4.69) is 15.9 Å². The molecule has 1 amide bonds. The summed E-state index contributed by atoms with van der Waals surface area (Å²) in [4.78, 5) is 26.1. The van der Waals surface area contributed by atoms with Crippen molar-refractivity contribution >= 4 is 56.2 Å². The van der Waals surface area contributed by atoms with Gasteiger partial charge in [-0.1, -0.05) is 11.6 Å². The smallest absolute Gasteiger partial charge is 0.299 e. The minimum atomic E-state index is -0.661. The lowest BCUT2D eigenvalue weighted by molar-refractivity contribution is -0.114. The lowest BCUT2D eigenvalue weighted by Crippen LogP contribution is -2.28. The normalized spacial score (nSPS) is 14.1. The molecule has 0 atom stereocenters. The van der Waals surface area contributed by atoms with Crippen molar-refractivity contribution in [3.8, 4) is 0 Å². The first-order valence-electron chi connectivity index (χ1n) is 5.57. The van der Waals surface area contributed by atoms with Crippen LogP contribution < -0.4 is 4.90 Å². The standard InChI is InChI=1S/C13H6BrClFNO2S/c14-11-2-1-6(20-11)5-17-10-4-9(16)8(15)3-7(10)12(18)13(17)19/h1-4H,5H2. The summed E-state index contributed by atoms with van der Waals surface area (Å²) in [6.07, 6.45) is 0. The fraction of sp³-hybridized carbons (Fsp3) is 0.0769. The van der Waals surface area contributed by atoms with E-state index in [9.17, 15) is 14.0 Å². The quantitative estimate of drug-likeness (QED) is 0.744. The van der Waals surface area contributed by atoms with Crippen molar-refractivity contribution in [1.29, 1.82) is 0 Å². The van der Waals surface area contributed by atoms with E-state index in [-0.39, 0.29) is 22.8 Å². The molecule has 0 radical (unpaired) electrons. The van der Waals surface area contributed by atoms with E-state index in [1.807, 2.05) is 12.1 Å². The third kappa shape index (κ3) is 2.17. The lowest BCUT2D eigenvalue weighted by Gasteiger charge is -2.15. The van der Waals surface area contributed by atoms with Crippen LogP contribution in [-0.2, 0) is 11.3 Å². The highest BCUT2D eigenvalue weighted by molar-refractivity contribution is 9.11. The molecule has 3 nitrogen and oxygen atoms in total. The Hall–Kier alpha value is -1.24. The van der Waals surface area contributed by atoms with E-state index in [1.54, 1.807) is 0 Å². The molecule has 1 aromatic heterocycles. The highest BCUT2D eigenvalue weighted by Gasteiger charge is 2.36. The van der Waals surface area contributed by atoms with Crippen molar-refractivity contribution in [3.63, 3.8) is 0 Å². The maximum Gasteiger partial charge on any atom is 0.299 e. The Morgan fingerprint density at radius 3 is 2.70 bits per heavy atom. The molecule has 7 heteroatoms. The molecular weight excluding hydrogens is 369 g/mol. The van der Waals surface area contributed by atoms with Crippen LogP contribution in [0.2, 0.25) is 5.02 Å². The molecule has 0 unspecified atom stereocenters. The summed E-state index contributed by atoms with van der Waals surface area (Å²) in [5.74, 6) is -1.96. The summed E-state index contributed by atoms with van der Waals surface area (Å²) in [5, 5.41) is -0.161. The number of carbonyl (C=O) groups excluding carboxylic acids is 2. The number of anilines is 1. The Labute approximate surface area is 131 Å². The van der Waals surface area contributed by atoms with Gasteiger partial charge in [0, 0.05) is 4.88 Å². The summed E-state index contributed by atoms with van der Waals surface area (Å²) in [5.41, 5.74) is 0.420. The molecule has 0 N–H and O–H groups in total. The van der Waals surface area contributed by atoms with Gasteiger partial charge in [0.1, 0.15) is 5.82 Å². The molecule has 0 saturated heterocycles. The molecule has 1 aromatic carbocycles. The van der Waals surface area contributed by atoms with Gasteiger partial charge in [0.15, 0.2) is 0 Å². The number of hydrogen-bond donors (Lipinski definition) is 0. The van der Waals surface area contributed by atoms with Crippen LogP contribution in [0.4, 0.5) is 10.1 Å². The maximum atomic E-state index is 13.6. The van der Waals surface area contributed by atoms with Gasteiger partial charge in [0.2, 0.25) is 0 Å². The molecule has 20 heavy (non-hydrogen) atoms. The first kappa shape index (κ1) is 13.7. The molecule has 0 bridgehead atoms. The monoisotopic (exact) mass is 373 g/mol. The molecule has 2 heterocycles. The van der Waals surface area contributed by atoms with Gasteiger partial charge in [0.05, 0.1) is 26.6 Å². The maximum absolute atomic E-state index is 13.6. The molecule has 0 fully saturated rings. The number of carbonyl (C=O) groups is 2. The Morgan fingerprint density at radius 2 is 2.05 bits per heavy atom. The zero-order chi connectivity index (χ0) is 14.4. The summed E-state index contributed by atoms with van der Waals surface area (Å²) < 4.78 is 14.5. The Kier molecular flexibility index (Phi) is 3.40. The van der Waals surface area contributed by atoms with E-state index in [4.69, 9.17) is 11.6 Å². The number of rotatable bonds is 2. The van der Waals surface area contributed by atoms with Gasteiger partial charge in [-0.3, -0.25) is 14.5 Å². The molecule has 1 aliphatic heterocycles. The number of thiophene rings is 1. The fourth-order valence-electron chi connectivity index (χ4n) is 2.04. The number of fused-ring (bicyclic) bond motifs is 1. The van der Waals surface area contributed by atoms with E-state index in [1.165, 1.54) is 22.3 Å². The van der Waals surface area contributed by atoms with Crippen LogP contribution in [0, 0.1) is 5.82 Å². The van der Waals surface area contributed by atoms with Crippen molar-refractivity contribution in [2.75, 3.05) is 4.90 Å². The summed E-state index contributed by atoms with van der Waals surface area (Å²) >= 11 is 10.4. The molecule has 0 spiro atoms. The predicted octanol–water partition coefficient (Wildman–Crippen LogP) is 4.03. The van der Waals surface area contributed by atoms with E-state index in [0.29, 0.717) is 0 Å². The van der Waals surface area contributed by atoms with Crippen LogP contribution in [0.1, 0.15) is 15.2 Å². The summed E-state index contributed by atoms with van der Waals surface area (Å²) in [6.45, 7) is 0.231. The van der Waals surface area contributed by atoms with Gasteiger partial charge in [-0.25, -0.2) is 4.39 Å². The van der Waals surface area contributed by atoms with Crippen LogP contribution in [0.5, 0.6) is 0 Å². The highest BCUT2D eigenvalue weighted by atomic mass is 79.9. The van der Waals surface area contributed by atoms with Crippen LogP contribution in [0.15, 0.2) is 28.1 Å². The van der Waals surface area contributed by atoms with Gasteiger partial charge < -0.3 is 0 Å². The Balaban J connectivity index is 2.03. The number of ketones is 1. The lowest BCUT2D eigenvalue weighted by atomic mass is 10.1. The second-order valence-corrected chi connectivity index (χ2v) is 7.16. The first-order chi connectivity index (χ1) is 9.47. The Morgan fingerprint density at radius 1 is 1.30 bits per heavy atom. The molecule has 1 aliphatic rings. The van der Waals surface area contributed by atoms with Crippen molar-refractivity contribution in [2.45, 2.75) is 6.54 Å². The second kappa shape index (κ2) is 4.95. The molecule has 2 aromatic rings. The van der Waals surface area contributed by atoms with Crippen LogP contribution in [-0.4, -0.2) is 11.7 Å². The molecule has 102 valence electrons. The van der Waals surface area contributed by atoms with Crippen LogP contribution in [0.3, 0.4) is 0 Å². The average molecular weight is 375 g/mol. The number of Topliss-reactive ketones (excluding diaryl/α,β-unsaturated/α-hetero) is 1. The fourth-order valence-corrected chi connectivity index (χ4v) is 3.67. The zero-order valence-electron chi connectivity index (χ0n) is 9.82. The number of hydrogen-bond acceptors (Lipinski definition) is 3. The molecular formula is C13H6BrClFNO2S. The van der Waals surface area contributed by atoms with Crippen molar-refractivity contribution < 1.29 is 14.0 Å². The molecule has 3 rings (SSSR count). The van der Waals surface area contributed by atoms with Crippen molar-refractivity contribution in [3.05, 3.63) is 49.3 Å². The molecule has 0 saturated carbocycles. The predicted molar refractivity (Wildman–Crippen MR) is 78.9 cm³/mol. The minimum absolute atomic E-state index is 0.150. The Bertz CT molecular complexity index is 746.